The van der Waals surface area contributed by atoms with Crippen molar-refractivity contribution in [2.75, 3.05) is 19.6 Å². The number of rotatable bonds is 5. The van der Waals surface area contributed by atoms with Crippen LogP contribution in [0.4, 0.5) is 13.2 Å². The van der Waals surface area contributed by atoms with E-state index in [1.807, 2.05) is 6.08 Å². The Morgan fingerprint density at radius 1 is 1.00 bits per heavy atom. The molecule has 0 saturated carbocycles. The molecule has 8 heteroatoms. The molecule has 0 aliphatic carbocycles. The number of benzene rings is 2. The van der Waals surface area contributed by atoms with Crippen LogP contribution in [0.1, 0.15) is 24.0 Å². The van der Waals surface area contributed by atoms with Crippen LogP contribution in [-0.4, -0.2) is 34.1 Å². The molecule has 1 aromatic heterocycles. The highest BCUT2D eigenvalue weighted by atomic mass is 19.4. The first-order valence-corrected chi connectivity index (χ1v) is 10.1. The van der Waals surface area contributed by atoms with E-state index in [9.17, 15) is 22.8 Å². The molecule has 162 valence electrons. The van der Waals surface area contributed by atoms with Crippen molar-refractivity contribution in [3.05, 3.63) is 86.6 Å². The summed E-state index contributed by atoms with van der Waals surface area (Å²) in [5.41, 5.74) is 0.670. The molecule has 2 heterocycles. The summed E-state index contributed by atoms with van der Waals surface area (Å²) >= 11 is 0. The summed E-state index contributed by atoms with van der Waals surface area (Å²) in [7, 11) is 0. The highest BCUT2D eigenvalue weighted by molar-refractivity contribution is 5.76. The average molecular weight is 429 g/mol. The first-order valence-electron chi connectivity index (χ1n) is 10.1. The van der Waals surface area contributed by atoms with Gasteiger partial charge in [0, 0.05) is 26.2 Å². The van der Waals surface area contributed by atoms with E-state index in [1.54, 1.807) is 30.3 Å². The predicted molar refractivity (Wildman–Crippen MR) is 114 cm³/mol. The molecular weight excluding hydrogens is 407 g/mol. The Morgan fingerprint density at radius 3 is 2.55 bits per heavy atom. The highest BCUT2D eigenvalue weighted by Gasteiger charge is 2.30. The van der Waals surface area contributed by atoms with Gasteiger partial charge in [-0.2, -0.15) is 13.2 Å². The summed E-state index contributed by atoms with van der Waals surface area (Å²) in [5.74, 6) is 0. The molecule has 3 aromatic rings. The minimum atomic E-state index is -4.35. The smallest absolute Gasteiger partial charge is 0.307 e. The maximum Gasteiger partial charge on any atom is 0.416 e. The van der Waals surface area contributed by atoms with E-state index in [4.69, 9.17) is 0 Å². The van der Waals surface area contributed by atoms with Crippen LogP contribution in [0.25, 0.3) is 16.5 Å². The van der Waals surface area contributed by atoms with Gasteiger partial charge < -0.3 is 4.98 Å². The van der Waals surface area contributed by atoms with E-state index in [2.05, 4.69) is 9.88 Å². The van der Waals surface area contributed by atoms with Gasteiger partial charge in [-0.05, 0) is 48.2 Å². The zero-order valence-electron chi connectivity index (χ0n) is 16.8. The van der Waals surface area contributed by atoms with Crippen molar-refractivity contribution >= 4 is 16.5 Å². The number of hydrogen-bond acceptors (Lipinski definition) is 3. The number of fused-ring (bicyclic) bond motifs is 1. The van der Waals surface area contributed by atoms with Gasteiger partial charge in [0.1, 0.15) is 0 Å². The van der Waals surface area contributed by atoms with Crippen molar-refractivity contribution in [2.45, 2.75) is 25.6 Å². The van der Waals surface area contributed by atoms with Crippen LogP contribution in [0.5, 0.6) is 0 Å². The van der Waals surface area contributed by atoms with E-state index in [0.717, 1.165) is 11.6 Å². The molecule has 0 radical (unpaired) electrons. The molecule has 1 N–H and O–H groups in total. The first kappa shape index (κ1) is 21.1. The van der Waals surface area contributed by atoms with Crippen molar-refractivity contribution in [2.24, 2.45) is 0 Å². The Hall–Kier alpha value is -3.13. The minimum Gasteiger partial charge on any atom is -0.307 e. The lowest BCUT2D eigenvalue weighted by Crippen LogP contribution is -2.36. The van der Waals surface area contributed by atoms with Gasteiger partial charge in [0.15, 0.2) is 0 Å². The Kier molecular flexibility index (Phi) is 5.82. The second kappa shape index (κ2) is 8.55. The van der Waals surface area contributed by atoms with E-state index in [1.165, 1.54) is 16.7 Å². The molecule has 0 spiro atoms. The number of para-hydroxylation sites is 1. The Bertz CT molecular complexity index is 1240. The molecule has 2 aromatic carbocycles. The molecule has 0 unspecified atom stereocenters. The highest BCUT2D eigenvalue weighted by Crippen LogP contribution is 2.32. The van der Waals surface area contributed by atoms with Crippen LogP contribution in [0, 0.1) is 0 Å². The Labute approximate surface area is 176 Å². The fourth-order valence-electron chi connectivity index (χ4n) is 3.93. The van der Waals surface area contributed by atoms with Crippen molar-refractivity contribution in [1.82, 2.24) is 14.5 Å². The molecule has 1 aliphatic heterocycles. The molecule has 1 aliphatic rings. The first-order chi connectivity index (χ1) is 14.8. The topological polar surface area (TPSA) is 58.1 Å². The molecule has 4 rings (SSSR count). The largest absolute Gasteiger partial charge is 0.416 e. The molecule has 5 nitrogen and oxygen atoms in total. The van der Waals surface area contributed by atoms with Gasteiger partial charge in [-0.15, -0.1) is 0 Å². The normalized spacial score (nSPS) is 15.3. The third-order valence-corrected chi connectivity index (χ3v) is 5.60. The van der Waals surface area contributed by atoms with E-state index in [-0.39, 0.29) is 5.56 Å². The van der Waals surface area contributed by atoms with E-state index < -0.39 is 17.4 Å². The molecule has 0 fully saturated rings. The number of hydrogen-bond donors (Lipinski definition) is 1. The van der Waals surface area contributed by atoms with Crippen molar-refractivity contribution < 1.29 is 13.2 Å². The quantitative estimate of drug-likeness (QED) is 0.670. The van der Waals surface area contributed by atoms with Crippen LogP contribution in [0.15, 0.2) is 64.2 Å². The monoisotopic (exact) mass is 429 g/mol. The Balaban J connectivity index is 1.38. The average Bonchev–Trinajstić information content (AvgIpc) is 2.76. The second-order valence-electron chi connectivity index (χ2n) is 7.64. The number of nitrogens with one attached hydrogen (secondary N) is 1. The third-order valence-electron chi connectivity index (χ3n) is 5.60. The summed E-state index contributed by atoms with van der Waals surface area (Å²) in [6.07, 6.45) is -1.13. The second-order valence-corrected chi connectivity index (χ2v) is 7.64. The molecular formula is C23H22F3N3O2. The number of aromatic amines is 1. The zero-order valence-corrected chi connectivity index (χ0v) is 16.8. The summed E-state index contributed by atoms with van der Waals surface area (Å²) in [6.45, 7) is 2.32. The van der Waals surface area contributed by atoms with Crippen molar-refractivity contribution in [1.29, 1.82) is 0 Å². The fraction of sp³-hybridized carbons (Fsp3) is 0.304. The van der Waals surface area contributed by atoms with Gasteiger partial charge in [-0.25, -0.2) is 4.79 Å². The maximum absolute atomic E-state index is 12.9. The van der Waals surface area contributed by atoms with Gasteiger partial charge >= 0.3 is 11.9 Å². The SMILES string of the molecule is O=c1[nH]c2ccccc2c(=O)n1CCCN1CC=C(c2cccc(C(F)(F)F)c2)CC1. The van der Waals surface area contributed by atoms with E-state index in [0.29, 0.717) is 55.5 Å². The Morgan fingerprint density at radius 2 is 1.81 bits per heavy atom. The minimum absolute atomic E-state index is 0.301. The molecule has 0 atom stereocenters. The molecule has 0 bridgehead atoms. The standard InChI is InChI=1S/C23H22F3N3O2/c24-23(25,26)18-6-3-5-17(15-18)16-9-13-28(14-10-16)11-4-12-29-21(30)19-7-1-2-8-20(19)27-22(29)31/h1-3,5-9,15H,4,10-14H2,(H,27,31). The van der Waals surface area contributed by atoms with Crippen molar-refractivity contribution in [3.63, 3.8) is 0 Å². The van der Waals surface area contributed by atoms with Crippen LogP contribution in [-0.2, 0) is 12.7 Å². The van der Waals surface area contributed by atoms with Gasteiger partial charge in [0.25, 0.3) is 5.56 Å². The fourth-order valence-corrected chi connectivity index (χ4v) is 3.93. The summed E-state index contributed by atoms with van der Waals surface area (Å²) in [5, 5.41) is 0.480. The maximum atomic E-state index is 12.9. The third kappa shape index (κ3) is 4.64. The lowest BCUT2D eigenvalue weighted by atomic mass is 9.97. The number of nitrogens with zero attached hydrogens (tertiary/aromatic N) is 2. The number of halogens is 3. The summed E-state index contributed by atoms with van der Waals surface area (Å²) < 4.78 is 40.0. The predicted octanol–water partition coefficient (Wildman–Crippen LogP) is 3.89. The van der Waals surface area contributed by atoms with Gasteiger partial charge in [0.05, 0.1) is 16.5 Å². The number of H-pyrrole nitrogens is 1. The molecule has 0 saturated heterocycles. The van der Waals surface area contributed by atoms with Crippen LogP contribution >= 0.6 is 0 Å². The number of aromatic nitrogens is 2. The van der Waals surface area contributed by atoms with Gasteiger partial charge in [0.2, 0.25) is 0 Å². The summed E-state index contributed by atoms with van der Waals surface area (Å²) in [4.78, 5) is 29.7. The number of alkyl halides is 3. The van der Waals surface area contributed by atoms with Gasteiger partial charge in [-0.1, -0.05) is 30.3 Å². The van der Waals surface area contributed by atoms with Crippen molar-refractivity contribution in [3.8, 4) is 0 Å². The van der Waals surface area contributed by atoms with Crippen LogP contribution in [0.2, 0.25) is 0 Å². The van der Waals surface area contributed by atoms with Crippen LogP contribution in [0.3, 0.4) is 0 Å². The summed E-state index contributed by atoms with van der Waals surface area (Å²) in [6, 6.07) is 12.3. The molecule has 0 amide bonds. The van der Waals surface area contributed by atoms with E-state index >= 15 is 0 Å². The molecule has 31 heavy (non-hydrogen) atoms. The zero-order chi connectivity index (χ0) is 22.0. The lowest BCUT2D eigenvalue weighted by molar-refractivity contribution is -0.137. The van der Waals surface area contributed by atoms with Crippen LogP contribution < -0.4 is 11.2 Å². The lowest BCUT2D eigenvalue weighted by Gasteiger charge is -2.26. The van der Waals surface area contributed by atoms with Gasteiger partial charge in [-0.3, -0.25) is 14.3 Å².